The van der Waals surface area contributed by atoms with Crippen LogP contribution < -0.4 is 5.32 Å². The number of carbonyl (C=O) groups excluding carboxylic acids is 1. The summed E-state index contributed by atoms with van der Waals surface area (Å²) in [5.74, 6) is 0.0418. The molecule has 4 aromatic rings. The van der Waals surface area contributed by atoms with Crippen LogP contribution in [0.4, 0.5) is 4.79 Å². The van der Waals surface area contributed by atoms with E-state index in [4.69, 9.17) is 4.74 Å². The van der Waals surface area contributed by atoms with Crippen molar-refractivity contribution in [1.82, 2.24) is 5.32 Å². The molecule has 0 spiro atoms. The maximum Gasteiger partial charge on any atom is 0.407 e. The first-order valence-corrected chi connectivity index (χ1v) is 11.8. The molecular weight excluding hydrogens is 474 g/mol. The fourth-order valence-electron chi connectivity index (χ4n) is 4.68. The Balaban J connectivity index is 1.32. The van der Waals surface area contributed by atoms with E-state index >= 15 is 0 Å². The first-order valence-electron chi connectivity index (χ1n) is 11.1. The molecule has 4 aromatic carbocycles. The van der Waals surface area contributed by atoms with E-state index in [2.05, 4.69) is 76.4 Å². The summed E-state index contributed by atoms with van der Waals surface area (Å²) in [5, 5.41) is 5.31. The second kappa shape index (κ2) is 9.24. The fourth-order valence-corrected chi connectivity index (χ4v) is 5.06. The average Bonchev–Trinajstić information content (AvgIpc) is 3.16. The van der Waals surface area contributed by atoms with Gasteiger partial charge in [0.15, 0.2) is 0 Å². The lowest BCUT2D eigenvalue weighted by Crippen LogP contribution is -2.30. The van der Waals surface area contributed by atoms with Gasteiger partial charge in [-0.25, -0.2) is 4.79 Å². The van der Waals surface area contributed by atoms with Crippen LogP contribution in [0.2, 0.25) is 0 Å². The molecular formula is C29H24BrNO2. The SMILES string of the molecule is C=CC[C@@H](NC(=O)OCC1c2ccccc2-c2ccccc21)c1ccc2cc(Br)ccc2c1. The highest BCUT2D eigenvalue weighted by Crippen LogP contribution is 2.44. The number of nitrogens with one attached hydrogen (secondary N) is 1. The molecule has 0 saturated carbocycles. The van der Waals surface area contributed by atoms with Crippen LogP contribution in [0.5, 0.6) is 0 Å². The molecule has 0 fully saturated rings. The fraction of sp³-hybridized carbons (Fsp3) is 0.138. The van der Waals surface area contributed by atoms with Crippen molar-refractivity contribution in [3.63, 3.8) is 0 Å². The van der Waals surface area contributed by atoms with Crippen molar-refractivity contribution < 1.29 is 9.53 Å². The summed E-state index contributed by atoms with van der Waals surface area (Å²) in [6.45, 7) is 4.17. The molecule has 1 aliphatic carbocycles. The highest BCUT2D eigenvalue weighted by molar-refractivity contribution is 9.10. The number of alkyl carbamates (subject to hydrolysis) is 1. The van der Waals surface area contributed by atoms with E-state index in [0.29, 0.717) is 13.0 Å². The van der Waals surface area contributed by atoms with E-state index in [0.717, 1.165) is 20.8 Å². The number of amides is 1. The number of hydrogen-bond donors (Lipinski definition) is 1. The van der Waals surface area contributed by atoms with Crippen molar-refractivity contribution >= 4 is 32.8 Å². The van der Waals surface area contributed by atoms with E-state index in [1.165, 1.54) is 22.3 Å². The van der Waals surface area contributed by atoms with Crippen LogP contribution >= 0.6 is 15.9 Å². The molecule has 1 N–H and O–H groups in total. The summed E-state index contributed by atoms with van der Waals surface area (Å²) in [4.78, 5) is 12.8. The van der Waals surface area contributed by atoms with E-state index in [-0.39, 0.29) is 12.0 Å². The van der Waals surface area contributed by atoms with Gasteiger partial charge < -0.3 is 10.1 Å². The molecule has 0 heterocycles. The predicted octanol–water partition coefficient (Wildman–Crippen LogP) is 7.76. The number of ether oxygens (including phenoxy) is 1. The van der Waals surface area contributed by atoms with Crippen molar-refractivity contribution in [2.45, 2.75) is 18.4 Å². The van der Waals surface area contributed by atoms with E-state index < -0.39 is 6.09 Å². The Labute approximate surface area is 202 Å². The highest BCUT2D eigenvalue weighted by Gasteiger charge is 2.29. The molecule has 5 rings (SSSR count). The number of carbonyl (C=O) groups is 1. The van der Waals surface area contributed by atoms with Gasteiger partial charge in [0.2, 0.25) is 0 Å². The van der Waals surface area contributed by atoms with Gasteiger partial charge in [-0.3, -0.25) is 0 Å². The van der Waals surface area contributed by atoms with Gasteiger partial charge in [0.1, 0.15) is 6.61 Å². The van der Waals surface area contributed by atoms with Gasteiger partial charge in [0.05, 0.1) is 6.04 Å². The summed E-state index contributed by atoms with van der Waals surface area (Å²) in [6.07, 6.45) is 2.02. The van der Waals surface area contributed by atoms with Gasteiger partial charge in [0.25, 0.3) is 0 Å². The van der Waals surface area contributed by atoms with Crippen molar-refractivity contribution in [1.29, 1.82) is 0 Å². The van der Waals surface area contributed by atoms with Crippen molar-refractivity contribution in [3.05, 3.63) is 119 Å². The normalized spacial score (nSPS) is 13.2. The lowest BCUT2D eigenvalue weighted by molar-refractivity contribution is 0.139. The zero-order valence-corrected chi connectivity index (χ0v) is 19.7. The lowest BCUT2D eigenvalue weighted by atomic mass is 9.98. The molecule has 0 bridgehead atoms. The first-order chi connectivity index (χ1) is 16.1. The summed E-state index contributed by atoms with van der Waals surface area (Å²) in [7, 11) is 0. The molecule has 4 heteroatoms. The Bertz CT molecular complexity index is 1300. The van der Waals surface area contributed by atoms with Crippen molar-refractivity contribution in [3.8, 4) is 11.1 Å². The summed E-state index contributed by atoms with van der Waals surface area (Å²) >= 11 is 3.52. The van der Waals surface area contributed by atoms with E-state index in [9.17, 15) is 4.79 Å². The minimum absolute atomic E-state index is 0.0418. The maximum atomic E-state index is 12.8. The van der Waals surface area contributed by atoms with Gasteiger partial charge in [-0.05, 0) is 63.2 Å². The third-order valence-electron chi connectivity index (χ3n) is 6.27. The molecule has 0 radical (unpaired) electrons. The number of rotatable bonds is 6. The number of benzene rings is 4. The van der Waals surface area contributed by atoms with Crippen LogP contribution in [0.25, 0.3) is 21.9 Å². The largest absolute Gasteiger partial charge is 0.449 e. The van der Waals surface area contributed by atoms with Gasteiger partial charge >= 0.3 is 6.09 Å². The van der Waals surface area contributed by atoms with Crippen LogP contribution in [-0.2, 0) is 4.74 Å². The molecule has 0 aliphatic heterocycles. The van der Waals surface area contributed by atoms with Crippen molar-refractivity contribution in [2.75, 3.05) is 6.61 Å². The molecule has 33 heavy (non-hydrogen) atoms. The number of fused-ring (bicyclic) bond motifs is 4. The van der Waals surface area contributed by atoms with Crippen molar-refractivity contribution in [2.24, 2.45) is 0 Å². The lowest BCUT2D eigenvalue weighted by Gasteiger charge is -2.20. The molecule has 164 valence electrons. The molecule has 0 saturated heterocycles. The Morgan fingerprint density at radius 1 is 0.939 bits per heavy atom. The van der Waals surface area contributed by atoms with Gasteiger partial charge in [-0.2, -0.15) is 0 Å². The Morgan fingerprint density at radius 2 is 1.58 bits per heavy atom. The van der Waals surface area contributed by atoms with Crippen LogP contribution in [-0.4, -0.2) is 12.7 Å². The van der Waals surface area contributed by atoms with Gasteiger partial charge in [-0.15, -0.1) is 6.58 Å². The molecule has 3 nitrogen and oxygen atoms in total. The van der Waals surface area contributed by atoms with E-state index in [1.54, 1.807) is 0 Å². The molecule has 0 aromatic heterocycles. The quantitative estimate of drug-likeness (QED) is 0.276. The van der Waals surface area contributed by atoms with Gasteiger partial charge in [-0.1, -0.05) is 88.7 Å². The molecule has 0 unspecified atom stereocenters. The molecule has 1 amide bonds. The minimum Gasteiger partial charge on any atom is -0.449 e. The van der Waals surface area contributed by atoms with E-state index in [1.807, 2.05) is 42.5 Å². The predicted molar refractivity (Wildman–Crippen MR) is 137 cm³/mol. The van der Waals surface area contributed by atoms with Crippen LogP contribution in [0.15, 0.2) is 102 Å². The number of hydrogen-bond acceptors (Lipinski definition) is 2. The van der Waals surface area contributed by atoms with Gasteiger partial charge in [0, 0.05) is 10.4 Å². The highest BCUT2D eigenvalue weighted by atomic mass is 79.9. The third-order valence-corrected chi connectivity index (χ3v) is 6.76. The standard InChI is InChI=1S/C29H24BrNO2/c1-2-7-28(21-13-12-20-17-22(30)15-14-19(20)16-21)31-29(32)33-18-27-25-10-5-3-8-23(25)24-9-4-6-11-26(24)27/h2-6,8-17,27-28H,1,7,18H2,(H,31,32)/t28-/m1/s1. The Kier molecular flexibility index (Phi) is 6.01. The first kappa shape index (κ1) is 21.5. The average molecular weight is 498 g/mol. The minimum atomic E-state index is -0.417. The van der Waals surface area contributed by atoms with Crippen LogP contribution in [0, 0.1) is 0 Å². The van der Waals surface area contributed by atoms with Crippen LogP contribution in [0.3, 0.4) is 0 Å². The zero-order valence-electron chi connectivity index (χ0n) is 18.1. The van der Waals surface area contributed by atoms with Crippen LogP contribution in [0.1, 0.15) is 35.1 Å². The zero-order chi connectivity index (χ0) is 22.8. The smallest absolute Gasteiger partial charge is 0.407 e. The second-order valence-electron chi connectivity index (χ2n) is 8.30. The monoisotopic (exact) mass is 497 g/mol. The summed E-state index contributed by atoms with van der Waals surface area (Å²) in [6, 6.07) is 28.9. The Morgan fingerprint density at radius 3 is 2.27 bits per heavy atom. The second-order valence-corrected chi connectivity index (χ2v) is 9.21. The third kappa shape index (κ3) is 4.31. The Hall–Kier alpha value is -3.37. The molecule has 1 aliphatic rings. The molecule has 1 atom stereocenters. The topological polar surface area (TPSA) is 38.3 Å². The maximum absolute atomic E-state index is 12.8. The summed E-state index contributed by atoms with van der Waals surface area (Å²) < 4.78 is 6.79. The summed E-state index contributed by atoms with van der Waals surface area (Å²) in [5.41, 5.74) is 5.87. The number of halogens is 1.